The van der Waals surface area contributed by atoms with Crippen LogP contribution in [0.25, 0.3) is 0 Å². The van der Waals surface area contributed by atoms with Crippen LogP contribution in [0.4, 0.5) is 0 Å². The molecule has 0 aromatic carbocycles. The smallest absolute Gasteiger partial charge is 0.323 e. The van der Waals surface area contributed by atoms with Crippen molar-refractivity contribution >= 4 is 15.2 Å². The average molecular weight is 397 g/mol. The van der Waals surface area contributed by atoms with Gasteiger partial charge in [-0.2, -0.15) is 0 Å². The molecule has 5 N–H and O–H groups in total. The van der Waals surface area contributed by atoms with Crippen LogP contribution < -0.4 is 5.32 Å². The van der Waals surface area contributed by atoms with Crippen LogP contribution in [0, 0.1) is 16.7 Å². The number of rotatable bonds is 8. The van der Waals surface area contributed by atoms with E-state index in [9.17, 15) is 28.7 Å². The molecule has 0 aliphatic heterocycles. The van der Waals surface area contributed by atoms with Crippen molar-refractivity contribution in [3.05, 3.63) is 0 Å². The molecule has 0 aromatic heterocycles. The lowest BCUT2D eigenvalue weighted by atomic mass is 9.52. The molecule has 3 atom stereocenters. The van der Waals surface area contributed by atoms with E-state index in [-0.39, 0.29) is 10.8 Å². The summed E-state index contributed by atoms with van der Waals surface area (Å²) >= 11 is 0. The number of nitrogens with one attached hydrogen (secondary N) is 1. The Kier molecular flexibility index (Phi) is 5.78. The molecule has 0 spiro atoms. The highest BCUT2D eigenvalue weighted by Gasteiger charge is 2.72. The quantitative estimate of drug-likeness (QED) is 0.397. The highest BCUT2D eigenvalue weighted by molar-refractivity contribution is 7.70. The molecule has 2 aliphatic carbocycles. The Morgan fingerprint density at radius 1 is 0.960 bits per heavy atom. The number of hydrogen-bond acceptors (Lipinski definition) is 3. The van der Waals surface area contributed by atoms with Gasteiger partial charge >= 0.3 is 15.2 Å². The van der Waals surface area contributed by atoms with E-state index in [1.54, 1.807) is 0 Å². The molecule has 2 aliphatic rings. The number of hydrogen-bond donors (Lipinski definition) is 5. The van der Waals surface area contributed by atoms with Gasteiger partial charge in [0, 0.05) is 5.54 Å². The first-order chi connectivity index (χ1) is 11.4. The summed E-state index contributed by atoms with van der Waals surface area (Å²) in [6, 6.07) is 0. The summed E-state index contributed by atoms with van der Waals surface area (Å²) in [5.74, 6) is 0.420. The van der Waals surface area contributed by atoms with E-state index in [0.717, 1.165) is 38.5 Å². The molecule has 2 fully saturated rings. The van der Waals surface area contributed by atoms with Crippen LogP contribution in [0.1, 0.15) is 72.6 Å². The fourth-order valence-corrected chi connectivity index (χ4v) is 8.97. The summed E-state index contributed by atoms with van der Waals surface area (Å²) in [6.45, 7) is 8.23. The predicted molar refractivity (Wildman–Crippen MR) is 97.1 cm³/mol. The molecule has 0 saturated heterocycles. The molecular formula is C16H33NO6P2. The number of fused-ring (bicyclic) bond motifs is 2. The van der Waals surface area contributed by atoms with E-state index < -0.39 is 26.3 Å². The minimum Gasteiger partial charge on any atom is -0.323 e. The Hall–Kier alpha value is 0.260. The maximum Gasteiger partial charge on any atom is 0.354 e. The fraction of sp³-hybridized carbons (Fsp3) is 1.00. The lowest BCUT2D eigenvalue weighted by Crippen LogP contribution is -2.67. The highest BCUT2D eigenvalue weighted by atomic mass is 31.2. The second-order valence-corrected chi connectivity index (χ2v) is 11.7. The summed E-state index contributed by atoms with van der Waals surface area (Å²) in [5, 5.41) is 2.95. The van der Waals surface area contributed by atoms with E-state index in [1.165, 1.54) is 0 Å². The molecule has 0 heterocycles. The zero-order valence-corrected chi connectivity index (χ0v) is 17.4. The van der Waals surface area contributed by atoms with Crippen LogP contribution in [0.2, 0.25) is 0 Å². The van der Waals surface area contributed by atoms with E-state index in [4.69, 9.17) is 0 Å². The molecule has 2 bridgehead atoms. The van der Waals surface area contributed by atoms with Gasteiger partial charge in [-0.1, -0.05) is 27.7 Å². The average Bonchev–Trinajstić information content (AvgIpc) is 3.04. The second kappa shape index (κ2) is 6.70. The van der Waals surface area contributed by atoms with Crippen molar-refractivity contribution < 1.29 is 28.7 Å². The SMILES string of the molecule is CCC12CCC(C1)C(CC)(CC)C2(CC)NC(P(=O)(O)O)P(=O)(O)O. The first kappa shape index (κ1) is 21.6. The van der Waals surface area contributed by atoms with Crippen molar-refractivity contribution in [2.24, 2.45) is 16.7 Å². The molecule has 2 rings (SSSR count). The van der Waals surface area contributed by atoms with E-state index in [0.29, 0.717) is 12.3 Å². The molecule has 9 heteroatoms. The molecular weight excluding hydrogens is 364 g/mol. The Morgan fingerprint density at radius 3 is 1.84 bits per heavy atom. The van der Waals surface area contributed by atoms with Crippen molar-refractivity contribution in [1.82, 2.24) is 5.32 Å². The van der Waals surface area contributed by atoms with Crippen LogP contribution in [-0.2, 0) is 9.13 Å². The summed E-state index contributed by atoms with van der Waals surface area (Å²) in [5.41, 5.74) is -3.21. The molecule has 0 radical (unpaired) electrons. The largest absolute Gasteiger partial charge is 0.354 e. The first-order valence-electron chi connectivity index (χ1n) is 9.28. The third kappa shape index (κ3) is 2.91. The van der Waals surface area contributed by atoms with Crippen molar-refractivity contribution in [1.29, 1.82) is 0 Å². The predicted octanol–water partition coefficient (Wildman–Crippen LogP) is 3.38. The minimum absolute atomic E-state index is 0.180. The van der Waals surface area contributed by atoms with Crippen LogP contribution in [-0.4, -0.2) is 30.6 Å². The normalized spacial score (nSPS) is 34.8. The van der Waals surface area contributed by atoms with Gasteiger partial charge in [-0.05, 0) is 61.7 Å². The van der Waals surface area contributed by atoms with Crippen LogP contribution in [0.3, 0.4) is 0 Å². The van der Waals surface area contributed by atoms with Gasteiger partial charge in [0.05, 0.1) is 0 Å². The summed E-state index contributed by atoms with van der Waals surface area (Å²) < 4.78 is 23.9. The summed E-state index contributed by atoms with van der Waals surface area (Å²) in [7, 11) is -10.0. The lowest BCUT2D eigenvalue weighted by Gasteiger charge is -2.59. The Balaban J connectivity index is 2.65. The van der Waals surface area contributed by atoms with Gasteiger partial charge in [0.25, 0.3) is 0 Å². The molecule has 3 unspecified atom stereocenters. The van der Waals surface area contributed by atoms with Crippen LogP contribution in [0.5, 0.6) is 0 Å². The minimum atomic E-state index is -5.02. The van der Waals surface area contributed by atoms with Crippen LogP contribution >= 0.6 is 15.2 Å². The van der Waals surface area contributed by atoms with E-state index in [1.807, 2.05) is 6.92 Å². The molecule has 0 amide bonds. The maximum atomic E-state index is 12.0. The Labute approximate surface area is 150 Å². The molecule has 148 valence electrons. The third-order valence-electron chi connectivity index (χ3n) is 7.63. The molecule has 2 saturated carbocycles. The molecule has 7 nitrogen and oxygen atoms in total. The van der Waals surface area contributed by atoms with Crippen molar-refractivity contribution in [2.45, 2.75) is 83.7 Å². The van der Waals surface area contributed by atoms with Crippen molar-refractivity contribution in [2.75, 3.05) is 0 Å². The van der Waals surface area contributed by atoms with Gasteiger partial charge < -0.3 is 19.6 Å². The maximum absolute atomic E-state index is 12.0. The molecule has 25 heavy (non-hydrogen) atoms. The summed E-state index contributed by atoms with van der Waals surface area (Å²) in [6.07, 6.45) is 6.05. The van der Waals surface area contributed by atoms with E-state index in [2.05, 4.69) is 26.1 Å². The van der Waals surface area contributed by atoms with Gasteiger partial charge in [-0.3, -0.25) is 14.4 Å². The Bertz CT molecular complexity index is 575. The monoisotopic (exact) mass is 397 g/mol. The standard InChI is InChI=1S/C16H33NO6P2/c1-5-14-10-9-12(11-14)15(6-2,7-3)16(14,8-4)17-13(24(18,19)20)25(21,22)23/h12-13,17H,5-11H2,1-4H3,(H2,18,19,20)(H2,21,22,23). The van der Waals surface area contributed by atoms with Crippen LogP contribution in [0.15, 0.2) is 0 Å². The van der Waals surface area contributed by atoms with Gasteiger partial charge in [0.1, 0.15) is 0 Å². The zero-order chi connectivity index (χ0) is 19.3. The zero-order valence-electron chi connectivity index (χ0n) is 15.6. The van der Waals surface area contributed by atoms with E-state index >= 15 is 0 Å². The van der Waals surface area contributed by atoms with Gasteiger partial charge in [0.15, 0.2) is 0 Å². The first-order valence-corrected chi connectivity index (χ1v) is 12.6. The lowest BCUT2D eigenvalue weighted by molar-refractivity contribution is -0.0407. The second-order valence-electron chi connectivity index (χ2n) is 7.89. The fourth-order valence-electron chi connectivity index (χ4n) is 6.63. The van der Waals surface area contributed by atoms with Crippen molar-refractivity contribution in [3.63, 3.8) is 0 Å². The van der Waals surface area contributed by atoms with Gasteiger partial charge in [-0.15, -0.1) is 0 Å². The van der Waals surface area contributed by atoms with Gasteiger partial charge in [0.2, 0.25) is 5.52 Å². The molecule has 0 aromatic rings. The highest BCUT2D eigenvalue weighted by Crippen LogP contribution is 2.74. The third-order valence-corrected chi connectivity index (χ3v) is 11.0. The topological polar surface area (TPSA) is 127 Å². The Morgan fingerprint density at radius 2 is 1.48 bits per heavy atom. The van der Waals surface area contributed by atoms with Crippen molar-refractivity contribution in [3.8, 4) is 0 Å². The van der Waals surface area contributed by atoms with Gasteiger partial charge in [-0.25, -0.2) is 0 Å². The summed E-state index contributed by atoms with van der Waals surface area (Å²) in [4.78, 5) is 38.7.